The predicted octanol–water partition coefficient (Wildman–Crippen LogP) is 3.73. The van der Waals surface area contributed by atoms with Crippen molar-refractivity contribution >= 4 is 29.3 Å². The minimum atomic E-state index is -0.971. The summed E-state index contributed by atoms with van der Waals surface area (Å²) >= 11 is 7.60. The highest BCUT2D eigenvalue weighted by atomic mass is 35.5. The lowest BCUT2D eigenvalue weighted by Gasteiger charge is -2.04. The zero-order valence-corrected chi connectivity index (χ0v) is 10.9. The van der Waals surface area contributed by atoms with Gasteiger partial charge < -0.3 is 5.11 Å². The average Bonchev–Trinajstić information content (AvgIpc) is 2.38. The van der Waals surface area contributed by atoms with Crippen molar-refractivity contribution in [1.29, 1.82) is 0 Å². The molecule has 0 aliphatic rings. The van der Waals surface area contributed by atoms with Gasteiger partial charge in [0.05, 0.1) is 10.6 Å². The maximum atomic E-state index is 10.8. The SMILES string of the molecule is O=C(O)c1ccc(CSc2ccccn2)c(Cl)c1. The maximum absolute atomic E-state index is 10.8. The first kappa shape index (κ1) is 12.9. The molecular weight excluding hydrogens is 270 g/mol. The molecule has 2 aromatic rings. The van der Waals surface area contributed by atoms with Crippen LogP contribution in [0.1, 0.15) is 15.9 Å². The lowest BCUT2D eigenvalue weighted by molar-refractivity contribution is 0.0697. The molecule has 0 aliphatic heterocycles. The van der Waals surface area contributed by atoms with E-state index >= 15 is 0 Å². The van der Waals surface area contributed by atoms with Crippen LogP contribution in [-0.2, 0) is 5.75 Å². The average molecular weight is 280 g/mol. The molecule has 0 radical (unpaired) electrons. The van der Waals surface area contributed by atoms with E-state index in [0.717, 1.165) is 10.6 Å². The lowest BCUT2D eigenvalue weighted by Crippen LogP contribution is -1.96. The first-order chi connectivity index (χ1) is 8.66. The summed E-state index contributed by atoms with van der Waals surface area (Å²) in [6, 6.07) is 10.5. The van der Waals surface area contributed by atoms with Gasteiger partial charge in [-0.1, -0.05) is 23.7 Å². The van der Waals surface area contributed by atoms with Crippen LogP contribution in [0.4, 0.5) is 0 Å². The van der Waals surface area contributed by atoms with Gasteiger partial charge >= 0.3 is 5.97 Å². The largest absolute Gasteiger partial charge is 0.478 e. The Hall–Kier alpha value is -1.52. The van der Waals surface area contributed by atoms with E-state index in [1.165, 1.54) is 6.07 Å². The number of rotatable bonds is 4. The molecule has 92 valence electrons. The Kier molecular flexibility index (Phi) is 4.23. The molecule has 0 aliphatic carbocycles. The number of halogens is 1. The number of carboxylic acid groups (broad SMARTS) is 1. The molecule has 0 saturated heterocycles. The minimum Gasteiger partial charge on any atom is -0.478 e. The van der Waals surface area contributed by atoms with Crippen LogP contribution < -0.4 is 0 Å². The van der Waals surface area contributed by atoms with Crippen LogP contribution in [0.2, 0.25) is 5.02 Å². The van der Waals surface area contributed by atoms with Crippen molar-refractivity contribution in [1.82, 2.24) is 4.98 Å². The number of carbonyl (C=O) groups is 1. The number of carboxylic acids is 1. The molecule has 3 nitrogen and oxygen atoms in total. The van der Waals surface area contributed by atoms with Gasteiger partial charge in [0.25, 0.3) is 0 Å². The van der Waals surface area contributed by atoms with E-state index in [0.29, 0.717) is 10.8 Å². The number of aromatic carboxylic acids is 1. The molecule has 0 bridgehead atoms. The van der Waals surface area contributed by atoms with Gasteiger partial charge in [-0.15, -0.1) is 11.8 Å². The fourth-order valence-corrected chi connectivity index (χ4v) is 2.57. The van der Waals surface area contributed by atoms with Gasteiger partial charge in [-0.05, 0) is 29.8 Å². The third kappa shape index (κ3) is 3.24. The second kappa shape index (κ2) is 5.89. The molecule has 0 fully saturated rings. The van der Waals surface area contributed by atoms with Crippen LogP contribution in [-0.4, -0.2) is 16.1 Å². The molecule has 0 atom stereocenters. The Morgan fingerprint density at radius 2 is 2.17 bits per heavy atom. The third-order valence-electron chi connectivity index (χ3n) is 2.31. The van der Waals surface area contributed by atoms with Crippen molar-refractivity contribution in [3.63, 3.8) is 0 Å². The topological polar surface area (TPSA) is 50.2 Å². The lowest BCUT2D eigenvalue weighted by atomic mass is 10.1. The highest BCUT2D eigenvalue weighted by Gasteiger charge is 2.07. The van der Waals surface area contributed by atoms with Crippen LogP contribution in [0, 0.1) is 0 Å². The zero-order chi connectivity index (χ0) is 13.0. The second-order valence-electron chi connectivity index (χ2n) is 3.57. The Bertz CT molecular complexity index is 560. The van der Waals surface area contributed by atoms with Gasteiger partial charge in [-0.3, -0.25) is 0 Å². The Morgan fingerprint density at radius 1 is 1.33 bits per heavy atom. The normalized spacial score (nSPS) is 10.3. The van der Waals surface area contributed by atoms with Crippen molar-refractivity contribution in [2.75, 3.05) is 0 Å². The molecule has 1 N–H and O–H groups in total. The van der Waals surface area contributed by atoms with E-state index in [1.807, 2.05) is 18.2 Å². The summed E-state index contributed by atoms with van der Waals surface area (Å²) < 4.78 is 0. The molecule has 5 heteroatoms. The summed E-state index contributed by atoms with van der Waals surface area (Å²) in [5, 5.41) is 10.2. The number of hydrogen-bond acceptors (Lipinski definition) is 3. The molecule has 0 saturated carbocycles. The minimum absolute atomic E-state index is 0.201. The van der Waals surface area contributed by atoms with Gasteiger partial charge in [0.2, 0.25) is 0 Å². The summed E-state index contributed by atoms with van der Waals surface area (Å²) in [5.74, 6) is -0.309. The molecule has 1 heterocycles. The molecule has 0 spiro atoms. The summed E-state index contributed by atoms with van der Waals surface area (Å²) in [4.78, 5) is 15.0. The third-order valence-corrected chi connectivity index (χ3v) is 3.66. The van der Waals surface area contributed by atoms with Gasteiger partial charge in [0, 0.05) is 17.0 Å². The van der Waals surface area contributed by atoms with Gasteiger partial charge in [-0.25, -0.2) is 9.78 Å². The van der Waals surface area contributed by atoms with Crippen LogP contribution in [0.25, 0.3) is 0 Å². The quantitative estimate of drug-likeness (QED) is 0.867. The molecule has 1 aromatic carbocycles. The molecule has 2 rings (SSSR count). The van der Waals surface area contributed by atoms with Crippen molar-refractivity contribution in [2.45, 2.75) is 10.8 Å². The van der Waals surface area contributed by atoms with Gasteiger partial charge in [-0.2, -0.15) is 0 Å². The monoisotopic (exact) mass is 279 g/mol. The molecule has 0 amide bonds. The number of hydrogen-bond donors (Lipinski definition) is 1. The Morgan fingerprint density at radius 3 is 2.78 bits per heavy atom. The summed E-state index contributed by atoms with van der Waals surface area (Å²) in [5.41, 5.74) is 1.10. The summed E-state index contributed by atoms with van der Waals surface area (Å²) in [6.07, 6.45) is 1.73. The van der Waals surface area contributed by atoms with Crippen LogP contribution >= 0.6 is 23.4 Å². The number of benzene rings is 1. The van der Waals surface area contributed by atoms with Crippen LogP contribution in [0.5, 0.6) is 0 Å². The fraction of sp³-hybridized carbons (Fsp3) is 0.0769. The second-order valence-corrected chi connectivity index (χ2v) is 4.97. The first-order valence-electron chi connectivity index (χ1n) is 5.22. The molecule has 18 heavy (non-hydrogen) atoms. The van der Waals surface area contributed by atoms with E-state index in [1.54, 1.807) is 30.1 Å². The van der Waals surface area contributed by atoms with E-state index in [9.17, 15) is 4.79 Å². The van der Waals surface area contributed by atoms with Crippen molar-refractivity contribution < 1.29 is 9.90 Å². The van der Waals surface area contributed by atoms with Gasteiger partial charge in [0.15, 0.2) is 0 Å². The molecule has 0 unspecified atom stereocenters. The van der Waals surface area contributed by atoms with E-state index in [4.69, 9.17) is 16.7 Å². The van der Waals surface area contributed by atoms with Crippen LogP contribution in [0.15, 0.2) is 47.6 Å². The Balaban J connectivity index is 2.08. The summed E-state index contributed by atoms with van der Waals surface area (Å²) in [6.45, 7) is 0. The number of thioether (sulfide) groups is 1. The zero-order valence-electron chi connectivity index (χ0n) is 9.34. The standard InChI is InChI=1S/C13H10ClNO2S/c14-11-7-9(13(16)17)4-5-10(11)8-18-12-3-1-2-6-15-12/h1-7H,8H2,(H,16,17). The maximum Gasteiger partial charge on any atom is 0.335 e. The van der Waals surface area contributed by atoms with E-state index < -0.39 is 5.97 Å². The highest BCUT2D eigenvalue weighted by Crippen LogP contribution is 2.26. The number of pyridine rings is 1. The van der Waals surface area contributed by atoms with Crippen LogP contribution in [0.3, 0.4) is 0 Å². The molecular formula is C13H10ClNO2S. The van der Waals surface area contributed by atoms with Gasteiger partial charge in [0.1, 0.15) is 0 Å². The number of aromatic nitrogens is 1. The smallest absolute Gasteiger partial charge is 0.335 e. The Labute approximate surface area is 114 Å². The van der Waals surface area contributed by atoms with Crippen molar-refractivity contribution in [3.05, 3.63) is 58.7 Å². The van der Waals surface area contributed by atoms with Crippen molar-refractivity contribution in [3.8, 4) is 0 Å². The van der Waals surface area contributed by atoms with E-state index in [2.05, 4.69) is 4.98 Å². The van der Waals surface area contributed by atoms with E-state index in [-0.39, 0.29) is 5.56 Å². The summed E-state index contributed by atoms with van der Waals surface area (Å²) in [7, 11) is 0. The number of nitrogens with zero attached hydrogens (tertiary/aromatic N) is 1. The molecule has 1 aromatic heterocycles. The first-order valence-corrected chi connectivity index (χ1v) is 6.59. The highest BCUT2D eigenvalue weighted by molar-refractivity contribution is 7.98. The fourth-order valence-electron chi connectivity index (χ4n) is 1.38. The van der Waals surface area contributed by atoms with Crippen molar-refractivity contribution in [2.24, 2.45) is 0 Å². The predicted molar refractivity (Wildman–Crippen MR) is 72.2 cm³/mol.